The van der Waals surface area contributed by atoms with Crippen LogP contribution in [0.1, 0.15) is 5.56 Å². The first kappa shape index (κ1) is 11.9. The minimum absolute atomic E-state index is 0.130. The van der Waals surface area contributed by atoms with Crippen molar-refractivity contribution in [1.82, 2.24) is 0 Å². The molecule has 0 aliphatic carbocycles. The molecule has 3 rings (SSSR count). The fraction of sp³-hybridized carbons (Fsp3) is 0.0667. The van der Waals surface area contributed by atoms with Crippen LogP contribution in [0.4, 0.5) is 0 Å². The van der Waals surface area contributed by atoms with Crippen molar-refractivity contribution in [1.29, 1.82) is 0 Å². The Morgan fingerprint density at radius 3 is 2.58 bits per heavy atom. The van der Waals surface area contributed by atoms with Gasteiger partial charge in [-0.3, -0.25) is 0 Å². The Balaban J connectivity index is 1.87. The van der Waals surface area contributed by atoms with Gasteiger partial charge in [0.25, 0.3) is 0 Å². The van der Waals surface area contributed by atoms with Crippen molar-refractivity contribution in [2.24, 2.45) is 0 Å². The van der Waals surface area contributed by atoms with E-state index >= 15 is 0 Å². The van der Waals surface area contributed by atoms with Gasteiger partial charge in [-0.05, 0) is 23.6 Å². The Morgan fingerprint density at radius 2 is 1.74 bits per heavy atom. The number of ether oxygens (including phenoxy) is 1. The summed E-state index contributed by atoms with van der Waals surface area (Å²) in [4.78, 5) is 0. The Bertz CT molecular complexity index is 718. The Hall–Kier alpha value is -2.20. The van der Waals surface area contributed by atoms with Crippen LogP contribution in [0, 0.1) is 0 Å². The lowest BCUT2D eigenvalue weighted by molar-refractivity contribution is 0.290. The van der Waals surface area contributed by atoms with Crippen LogP contribution in [-0.4, -0.2) is 10.2 Å². The van der Waals surface area contributed by atoms with E-state index in [1.807, 2.05) is 23.6 Å². The zero-order valence-corrected chi connectivity index (χ0v) is 10.9. The van der Waals surface area contributed by atoms with Crippen LogP contribution in [0.5, 0.6) is 17.2 Å². The van der Waals surface area contributed by atoms with Gasteiger partial charge in [-0.15, -0.1) is 11.3 Å². The standard InChI is InChI=1S/C15H12O3S/c16-12-5-1-2-7-14(12)18-8-10-9-19-15-11(10)4-3-6-13(15)17/h1-7,9,16-17H,8H2. The van der Waals surface area contributed by atoms with Crippen LogP contribution in [0.2, 0.25) is 0 Å². The molecule has 0 fully saturated rings. The predicted octanol–water partition coefficient (Wildman–Crippen LogP) is 3.89. The number of para-hydroxylation sites is 2. The Kier molecular flexibility index (Phi) is 3.01. The molecule has 0 saturated heterocycles. The maximum absolute atomic E-state index is 9.74. The second-order valence-electron chi connectivity index (χ2n) is 4.17. The van der Waals surface area contributed by atoms with Crippen molar-refractivity contribution in [3.05, 3.63) is 53.4 Å². The SMILES string of the molecule is Oc1ccccc1OCc1csc2c(O)cccc12. The largest absolute Gasteiger partial charge is 0.506 e. The zero-order valence-electron chi connectivity index (χ0n) is 10.0. The molecule has 4 heteroatoms. The fourth-order valence-electron chi connectivity index (χ4n) is 1.94. The number of hydrogen-bond acceptors (Lipinski definition) is 4. The molecular weight excluding hydrogens is 260 g/mol. The molecule has 1 heterocycles. The summed E-state index contributed by atoms with van der Waals surface area (Å²) in [5.74, 6) is 0.878. The lowest BCUT2D eigenvalue weighted by Gasteiger charge is -2.07. The maximum Gasteiger partial charge on any atom is 0.161 e. The van der Waals surface area contributed by atoms with Gasteiger partial charge in [-0.1, -0.05) is 24.3 Å². The number of fused-ring (bicyclic) bond motifs is 1. The highest BCUT2D eigenvalue weighted by Crippen LogP contribution is 2.34. The van der Waals surface area contributed by atoms with E-state index in [1.165, 1.54) is 11.3 Å². The molecule has 2 N–H and O–H groups in total. The molecule has 0 atom stereocenters. The molecule has 0 bridgehead atoms. The van der Waals surface area contributed by atoms with E-state index in [4.69, 9.17) is 4.74 Å². The molecular formula is C15H12O3S. The van der Waals surface area contributed by atoms with Crippen molar-refractivity contribution in [3.63, 3.8) is 0 Å². The van der Waals surface area contributed by atoms with Gasteiger partial charge >= 0.3 is 0 Å². The molecule has 1 aromatic heterocycles. The van der Waals surface area contributed by atoms with E-state index in [1.54, 1.807) is 24.3 Å². The summed E-state index contributed by atoms with van der Waals surface area (Å²) in [5.41, 5.74) is 0.999. The molecule has 2 aromatic carbocycles. The van der Waals surface area contributed by atoms with Crippen LogP contribution >= 0.6 is 11.3 Å². The smallest absolute Gasteiger partial charge is 0.161 e. The molecule has 3 nitrogen and oxygen atoms in total. The first-order valence-corrected chi connectivity index (χ1v) is 6.72. The normalized spacial score (nSPS) is 10.7. The van der Waals surface area contributed by atoms with Crippen LogP contribution in [0.25, 0.3) is 10.1 Å². The third-order valence-corrected chi connectivity index (χ3v) is 3.97. The van der Waals surface area contributed by atoms with E-state index in [9.17, 15) is 10.2 Å². The molecule has 0 saturated carbocycles. The molecule has 0 amide bonds. The summed E-state index contributed by atoms with van der Waals surface area (Å²) in [7, 11) is 0. The molecule has 0 aliphatic heterocycles. The van der Waals surface area contributed by atoms with Crippen LogP contribution in [0.15, 0.2) is 47.8 Å². The van der Waals surface area contributed by atoms with Crippen LogP contribution in [0.3, 0.4) is 0 Å². The summed E-state index contributed by atoms with van der Waals surface area (Å²) in [6.07, 6.45) is 0. The minimum atomic E-state index is 0.130. The maximum atomic E-state index is 9.74. The lowest BCUT2D eigenvalue weighted by Crippen LogP contribution is -1.94. The average Bonchev–Trinajstić information content (AvgIpc) is 2.83. The van der Waals surface area contributed by atoms with Gasteiger partial charge in [-0.2, -0.15) is 0 Å². The van der Waals surface area contributed by atoms with Crippen molar-refractivity contribution in [2.75, 3.05) is 0 Å². The first-order chi connectivity index (χ1) is 9.25. The highest BCUT2D eigenvalue weighted by Gasteiger charge is 2.08. The lowest BCUT2D eigenvalue weighted by atomic mass is 10.2. The highest BCUT2D eigenvalue weighted by molar-refractivity contribution is 7.17. The van der Waals surface area contributed by atoms with Crippen molar-refractivity contribution in [3.8, 4) is 17.2 Å². The molecule has 0 radical (unpaired) electrons. The number of phenols is 2. The second-order valence-corrected chi connectivity index (χ2v) is 5.05. The quantitative estimate of drug-likeness (QED) is 0.760. The van der Waals surface area contributed by atoms with Gasteiger partial charge in [0.1, 0.15) is 12.4 Å². The summed E-state index contributed by atoms with van der Waals surface area (Å²) in [6.45, 7) is 0.362. The number of thiophene rings is 1. The highest BCUT2D eigenvalue weighted by atomic mass is 32.1. The third-order valence-electron chi connectivity index (χ3n) is 2.91. The Morgan fingerprint density at radius 1 is 0.947 bits per heavy atom. The van der Waals surface area contributed by atoms with E-state index < -0.39 is 0 Å². The van der Waals surface area contributed by atoms with E-state index in [-0.39, 0.29) is 11.5 Å². The van der Waals surface area contributed by atoms with Gasteiger partial charge in [0, 0.05) is 10.9 Å². The number of phenolic OH excluding ortho intramolecular Hbond substituents is 2. The van der Waals surface area contributed by atoms with Gasteiger partial charge in [0.05, 0.1) is 4.70 Å². The summed E-state index contributed by atoms with van der Waals surface area (Å²) in [5, 5.41) is 22.3. The molecule has 0 unspecified atom stereocenters. The third kappa shape index (κ3) is 2.22. The number of rotatable bonds is 3. The molecule has 0 spiro atoms. The van der Waals surface area contributed by atoms with Gasteiger partial charge < -0.3 is 14.9 Å². The minimum Gasteiger partial charge on any atom is -0.506 e. The molecule has 3 aromatic rings. The molecule has 96 valence electrons. The van der Waals surface area contributed by atoms with Crippen molar-refractivity contribution >= 4 is 21.4 Å². The van der Waals surface area contributed by atoms with E-state index in [2.05, 4.69) is 0 Å². The zero-order chi connectivity index (χ0) is 13.2. The summed E-state index contributed by atoms with van der Waals surface area (Å²) in [6, 6.07) is 12.3. The van der Waals surface area contributed by atoms with Crippen LogP contribution in [-0.2, 0) is 6.61 Å². The van der Waals surface area contributed by atoms with E-state index in [0.717, 1.165) is 15.6 Å². The summed E-state index contributed by atoms with van der Waals surface area (Å²) < 4.78 is 6.46. The Labute approximate surface area is 114 Å². The van der Waals surface area contributed by atoms with Crippen LogP contribution < -0.4 is 4.74 Å². The number of benzene rings is 2. The van der Waals surface area contributed by atoms with Gasteiger partial charge in [0.2, 0.25) is 0 Å². The molecule has 0 aliphatic rings. The number of aromatic hydroxyl groups is 2. The van der Waals surface area contributed by atoms with Crippen molar-refractivity contribution < 1.29 is 14.9 Å². The monoisotopic (exact) mass is 272 g/mol. The molecule has 19 heavy (non-hydrogen) atoms. The fourth-order valence-corrected chi connectivity index (χ4v) is 2.91. The first-order valence-electron chi connectivity index (χ1n) is 5.84. The second kappa shape index (κ2) is 4.82. The average molecular weight is 272 g/mol. The van der Waals surface area contributed by atoms with Crippen molar-refractivity contribution in [2.45, 2.75) is 6.61 Å². The summed E-state index contributed by atoms with van der Waals surface area (Å²) >= 11 is 1.49. The topological polar surface area (TPSA) is 49.7 Å². The number of hydrogen-bond donors (Lipinski definition) is 2. The van der Waals surface area contributed by atoms with E-state index in [0.29, 0.717) is 12.4 Å². The predicted molar refractivity (Wildman–Crippen MR) is 75.9 cm³/mol. The van der Waals surface area contributed by atoms with Gasteiger partial charge in [-0.25, -0.2) is 0 Å². The van der Waals surface area contributed by atoms with Gasteiger partial charge in [0.15, 0.2) is 11.5 Å².